The summed E-state index contributed by atoms with van der Waals surface area (Å²) >= 11 is 0. The van der Waals surface area contributed by atoms with Crippen molar-refractivity contribution in [3.63, 3.8) is 0 Å². The van der Waals surface area contributed by atoms with Gasteiger partial charge in [0.25, 0.3) is 0 Å². The maximum Gasteiger partial charge on any atom is 0.0733 e. The summed E-state index contributed by atoms with van der Waals surface area (Å²) in [4.78, 5) is 8.76. The molecule has 18 heavy (non-hydrogen) atoms. The Labute approximate surface area is 105 Å². The van der Waals surface area contributed by atoms with Gasteiger partial charge in [-0.1, -0.05) is 18.2 Å². The summed E-state index contributed by atoms with van der Waals surface area (Å²) in [5, 5.41) is 1.13. The lowest BCUT2D eigenvalue weighted by Gasteiger charge is -2.06. The molecule has 0 radical (unpaired) electrons. The Kier molecular flexibility index (Phi) is 2.45. The molecule has 3 rings (SSSR count). The minimum atomic E-state index is 0.690. The summed E-state index contributed by atoms with van der Waals surface area (Å²) < 4.78 is 0. The van der Waals surface area contributed by atoms with Crippen molar-refractivity contribution < 1.29 is 0 Å². The largest absolute Gasteiger partial charge is 0.397 e. The quantitative estimate of drug-likeness (QED) is 0.704. The van der Waals surface area contributed by atoms with Crippen LogP contribution in [0, 0.1) is 6.92 Å². The summed E-state index contributed by atoms with van der Waals surface area (Å²) in [5.41, 5.74) is 10.5. The van der Waals surface area contributed by atoms with E-state index in [9.17, 15) is 0 Å². The van der Waals surface area contributed by atoms with Crippen LogP contribution < -0.4 is 5.73 Å². The molecule has 0 aliphatic heterocycles. The topological polar surface area (TPSA) is 51.8 Å². The van der Waals surface area contributed by atoms with E-state index >= 15 is 0 Å². The summed E-state index contributed by atoms with van der Waals surface area (Å²) in [7, 11) is 0. The number of hydrogen-bond donors (Lipinski definition) is 1. The number of hydrogen-bond acceptors (Lipinski definition) is 3. The van der Waals surface area contributed by atoms with E-state index < -0.39 is 0 Å². The minimum Gasteiger partial charge on any atom is -0.397 e. The van der Waals surface area contributed by atoms with E-state index in [1.54, 1.807) is 12.4 Å². The van der Waals surface area contributed by atoms with Gasteiger partial charge in [-0.05, 0) is 30.7 Å². The van der Waals surface area contributed by atoms with E-state index in [1.165, 1.54) is 0 Å². The highest BCUT2D eigenvalue weighted by atomic mass is 14.7. The second-order valence-corrected chi connectivity index (χ2v) is 4.35. The van der Waals surface area contributed by atoms with Gasteiger partial charge in [0, 0.05) is 17.1 Å². The van der Waals surface area contributed by atoms with Crippen molar-refractivity contribution in [3.8, 4) is 11.3 Å². The normalized spacial score (nSPS) is 10.7. The van der Waals surface area contributed by atoms with Crippen LogP contribution in [0.15, 0.2) is 48.8 Å². The fourth-order valence-electron chi connectivity index (χ4n) is 2.11. The SMILES string of the molecule is Cc1cc(N)cnc1-c1ccc2cccnc2c1. The molecule has 0 spiro atoms. The van der Waals surface area contributed by atoms with Crippen LogP contribution in [0.25, 0.3) is 22.2 Å². The van der Waals surface area contributed by atoms with Gasteiger partial charge in [-0.2, -0.15) is 0 Å². The van der Waals surface area contributed by atoms with Crippen molar-refractivity contribution in [2.45, 2.75) is 6.92 Å². The lowest BCUT2D eigenvalue weighted by molar-refractivity contribution is 1.27. The number of rotatable bonds is 1. The van der Waals surface area contributed by atoms with Crippen LogP contribution in [0.3, 0.4) is 0 Å². The fourth-order valence-corrected chi connectivity index (χ4v) is 2.11. The summed E-state index contributed by atoms with van der Waals surface area (Å²) in [6.45, 7) is 2.02. The number of anilines is 1. The number of pyridine rings is 2. The molecule has 0 aliphatic carbocycles. The van der Waals surface area contributed by atoms with Crippen molar-refractivity contribution in [2.24, 2.45) is 0 Å². The van der Waals surface area contributed by atoms with E-state index in [1.807, 2.05) is 19.1 Å². The lowest BCUT2D eigenvalue weighted by atomic mass is 10.0. The number of fused-ring (bicyclic) bond motifs is 1. The second kappa shape index (κ2) is 4.11. The van der Waals surface area contributed by atoms with Gasteiger partial charge < -0.3 is 5.73 Å². The Balaban J connectivity index is 2.19. The van der Waals surface area contributed by atoms with Gasteiger partial charge >= 0.3 is 0 Å². The molecular weight excluding hydrogens is 222 g/mol. The number of aryl methyl sites for hydroxylation is 1. The van der Waals surface area contributed by atoms with Crippen LogP contribution in [0.1, 0.15) is 5.56 Å². The Morgan fingerprint density at radius 3 is 2.78 bits per heavy atom. The maximum absolute atomic E-state index is 5.72. The van der Waals surface area contributed by atoms with Crippen LogP contribution in [0.4, 0.5) is 5.69 Å². The Morgan fingerprint density at radius 1 is 1.06 bits per heavy atom. The summed E-state index contributed by atoms with van der Waals surface area (Å²) in [6.07, 6.45) is 3.49. The van der Waals surface area contributed by atoms with E-state index in [4.69, 9.17) is 5.73 Å². The molecule has 0 aliphatic rings. The molecule has 2 N–H and O–H groups in total. The van der Waals surface area contributed by atoms with E-state index in [2.05, 4.69) is 34.2 Å². The Morgan fingerprint density at radius 2 is 1.94 bits per heavy atom. The third-order valence-corrected chi connectivity index (χ3v) is 2.98. The highest BCUT2D eigenvalue weighted by molar-refractivity contribution is 5.84. The van der Waals surface area contributed by atoms with Gasteiger partial charge in [-0.3, -0.25) is 9.97 Å². The number of nitrogen functional groups attached to an aromatic ring is 1. The van der Waals surface area contributed by atoms with Gasteiger partial charge in [0.2, 0.25) is 0 Å². The number of nitrogens with two attached hydrogens (primary N) is 1. The Hall–Kier alpha value is -2.42. The first-order chi connectivity index (χ1) is 8.74. The fraction of sp³-hybridized carbons (Fsp3) is 0.0667. The monoisotopic (exact) mass is 235 g/mol. The zero-order valence-corrected chi connectivity index (χ0v) is 10.1. The molecule has 3 aromatic rings. The average Bonchev–Trinajstić information content (AvgIpc) is 2.38. The minimum absolute atomic E-state index is 0.690. The van der Waals surface area contributed by atoms with Crippen molar-refractivity contribution in [3.05, 3.63) is 54.4 Å². The van der Waals surface area contributed by atoms with Gasteiger partial charge in [-0.25, -0.2) is 0 Å². The van der Waals surface area contributed by atoms with E-state index in [0.717, 1.165) is 27.7 Å². The predicted octanol–water partition coefficient (Wildman–Crippen LogP) is 3.19. The molecule has 0 atom stereocenters. The first-order valence-corrected chi connectivity index (χ1v) is 5.81. The highest BCUT2D eigenvalue weighted by Crippen LogP contribution is 2.25. The zero-order chi connectivity index (χ0) is 12.5. The van der Waals surface area contributed by atoms with Crippen LogP contribution in [0.2, 0.25) is 0 Å². The molecule has 3 nitrogen and oxygen atoms in total. The first-order valence-electron chi connectivity index (χ1n) is 5.81. The smallest absolute Gasteiger partial charge is 0.0733 e. The first kappa shape index (κ1) is 10.7. The molecule has 0 unspecified atom stereocenters. The van der Waals surface area contributed by atoms with Gasteiger partial charge in [0.1, 0.15) is 0 Å². The molecule has 2 aromatic heterocycles. The third-order valence-electron chi connectivity index (χ3n) is 2.98. The van der Waals surface area contributed by atoms with Crippen LogP contribution in [-0.4, -0.2) is 9.97 Å². The molecule has 3 heteroatoms. The van der Waals surface area contributed by atoms with Crippen molar-refractivity contribution in [2.75, 3.05) is 5.73 Å². The summed E-state index contributed by atoms with van der Waals surface area (Å²) in [6, 6.07) is 12.1. The van der Waals surface area contributed by atoms with Crippen LogP contribution in [0.5, 0.6) is 0 Å². The summed E-state index contributed by atoms with van der Waals surface area (Å²) in [5.74, 6) is 0. The third kappa shape index (κ3) is 1.80. The Bertz CT molecular complexity index is 720. The molecule has 0 bridgehead atoms. The van der Waals surface area contributed by atoms with Crippen molar-refractivity contribution >= 4 is 16.6 Å². The molecule has 0 saturated heterocycles. The van der Waals surface area contributed by atoms with Crippen molar-refractivity contribution in [1.29, 1.82) is 0 Å². The number of aromatic nitrogens is 2. The lowest BCUT2D eigenvalue weighted by Crippen LogP contribution is -1.92. The number of benzene rings is 1. The average molecular weight is 235 g/mol. The number of nitrogens with zero attached hydrogens (tertiary/aromatic N) is 2. The van der Waals surface area contributed by atoms with E-state index in [0.29, 0.717) is 5.69 Å². The van der Waals surface area contributed by atoms with Crippen LogP contribution in [-0.2, 0) is 0 Å². The highest BCUT2D eigenvalue weighted by Gasteiger charge is 2.05. The molecule has 88 valence electrons. The maximum atomic E-state index is 5.72. The molecule has 0 amide bonds. The van der Waals surface area contributed by atoms with Crippen molar-refractivity contribution in [1.82, 2.24) is 9.97 Å². The van der Waals surface area contributed by atoms with Crippen LogP contribution >= 0.6 is 0 Å². The molecule has 0 fully saturated rings. The zero-order valence-electron chi connectivity index (χ0n) is 10.1. The molecule has 2 heterocycles. The standard InChI is InChI=1S/C15H13N3/c1-10-7-13(16)9-18-15(10)12-5-4-11-3-2-6-17-14(11)8-12/h2-9H,16H2,1H3. The predicted molar refractivity (Wildman–Crippen MR) is 74.1 cm³/mol. The van der Waals surface area contributed by atoms with Gasteiger partial charge in [-0.15, -0.1) is 0 Å². The molecular formula is C15H13N3. The van der Waals surface area contributed by atoms with Gasteiger partial charge in [0.15, 0.2) is 0 Å². The second-order valence-electron chi connectivity index (χ2n) is 4.35. The molecule has 0 saturated carbocycles. The van der Waals surface area contributed by atoms with E-state index in [-0.39, 0.29) is 0 Å². The molecule has 1 aromatic carbocycles. The van der Waals surface area contributed by atoms with Gasteiger partial charge in [0.05, 0.1) is 23.1 Å².